The minimum atomic E-state index is -5.22. The van der Waals surface area contributed by atoms with Gasteiger partial charge in [-0.2, -0.15) is 4.98 Å². The van der Waals surface area contributed by atoms with E-state index in [1.165, 1.54) is 6.07 Å². The fourth-order valence-corrected chi connectivity index (χ4v) is 4.69. The maximum Gasteiger partial charge on any atom is 0.508 e. The van der Waals surface area contributed by atoms with Gasteiger partial charge in [0.1, 0.15) is 42.4 Å². The van der Waals surface area contributed by atoms with Crippen molar-refractivity contribution >= 4 is 25.5 Å². The number of hydrogen-bond acceptors (Lipinski definition) is 17. The molecule has 3 rings (SSSR count). The number of nitrogens with two attached hydrogens (primary N) is 1. The molecule has 0 radical (unpaired) electrons. The van der Waals surface area contributed by atoms with Crippen molar-refractivity contribution in [3.8, 4) is 0 Å². The molecule has 0 aliphatic carbocycles. The highest BCUT2D eigenvalue weighted by atomic mass is 31.2. The van der Waals surface area contributed by atoms with E-state index >= 15 is 0 Å². The second kappa shape index (κ2) is 13.6. The fraction of sp³-hybridized carbons (Fsp3) is 0.700. The molecule has 0 aromatic carbocycles. The Morgan fingerprint density at radius 2 is 1.95 bits per heavy atom. The number of rotatable bonds is 11. The Bertz CT molecular complexity index is 1190. The highest BCUT2D eigenvalue weighted by Crippen LogP contribution is 2.45. The maximum absolute atomic E-state index is 12.4. The van der Waals surface area contributed by atoms with Crippen LogP contribution in [-0.4, -0.2) is 125 Å². The van der Waals surface area contributed by atoms with Gasteiger partial charge in [-0.1, -0.05) is 4.67 Å². The molecule has 3 heterocycles. The number of phosphoric ester groups is 1. The van der Waals surface area contributed by atoms with Gasteiger partial charge in [0.15, 0.2) is 12.3 Å². The molecule has 3 unspecified atom stereocenters. The number of carbonyl (C=O) groups is 2. The first-order valence-electron chi connectivity index (χ1n) is 12.0. The highest BCUT2D eigenvalue weighted by molar-refractivity contribution is 7.47. The van der Waals surface area contributed by atoms with Gasteiger partial charge in [0.2, 0.25) is 5.91 Å². The van der Waals surface area contributed by atoms with Crippen molar-refractivity contribution in [2.24, 2.45) is 0 Å². The monoisotopic (exact) mass is 614 g/mol. The van der Waals surface area contributed by atoms with Crippen molar-refractivity contribution in [1.29, 1.82) is 0 Å². The SMILES string of the molecule is CC(=O)N[C@@H]1C(O)C[C@H](C(=O)OOP(=O)(O)OC[C@H]2O[C@@H](n3ccc(N)nc3=O)[C@H](O)[C@@H]2O)O[C@H]1C(O)[C@H](O)CO. The minimum absolute atomic E-state index is 0.109. The number of nitrogens with zero attached hydrogens (tertiary/aromatic N) is 2. The largest absolute Gasteiger partial charge is 0.508 e. The average molecular weight is 614 g/mol. The normalized spacial score (nSPS) is 33.0. The van der Waals surface area contributed by atoms with Crippen molar-refractivity contribution < 1.29 is 73.2 Å². The summed E-state index contributed by atoms with van der Waals surface area (Å²) in [6.45, 7) is -0.739. The summed E-state index contributed by atoms with van der Waals surface area (Å²) in [6.07, 6.45) is -14.3. The number of nitrogens with one attached hydrogen (secondary N) is 1. The zero-order valence-electron chi connectivity index (χ0n) is 21.3. The van der Waals surface area contributed by atoms with Crippen LogP contribution in [0.3, 0.4) is 0 Å². The summed E-state index contributed by atoms with van der Waals surface area (Å²) in [5, 5.41) is 62.3. The maximum atomic E-state index is 12.4. The van der Waals surface area contributed by atoms with Crippen LogP contribution in [0.1, 0.15) is 19.6 Å². The fourth-order valence-electron chi connectivity index (χ4n) is 4.14. The lowest BCUT2D eigenvalue weighted by atomic mass is 9.90. The summed E-state index contributed by atoms with van der Waals surface area (Å²) < 4.78 is 32.6. The second-order valence-electron chi connectivity index (χ2n) is 9.19. The van der Waals surface area contributed by atoms with Crippen molar-refractivity contribution in [2.75, 3.05) is 18.9 Å². The first-order valence-corrected chi connectivity index (χ1v) is 13.5. The van der Waals surface area contributed by atoms with E-state index in [4.69, 9.17) is 20.3 Å². The molecular formula is C20H31N4O16P. The van der Waals surface area contributed by atoms with Crippen LogP contribution in [-0.2, 0) is 37.7 Å². The van der Waals surface area contributed by atoms with Crippen molar-refractivity contribution in [3.63, 3.8) is 0 Å². The van der Waals surface area contributed by atoms with Crippen LogP contribution in [0.4, 0.5) is 5.82 Å². The molecule has 1 amide bonds. The lowest BCUT2D eigenvalue weighted by Gasteiger charge is -2.41. The minimum Gasteiger partial charge on any atom is -0.394 e. The molecule has 0 spiro atoms. The van der Waals surface area contributed by atoms with Crippen LogP contribution in [0.2, 0.25) is 0 Å². The van der Waals surface area contributed by atoms with E-state index in [-0.39, 0.29) is 5.82 Å². The number of hydrogen-bond donors (Lipinski definition) is 9. The smallest absolute Gasteiger partial charge is 0.394 e. The van der Waals surface area contributed by atoms with Gasteiger partial charge in [-0.3, -0.25) is 18.8 Å². The zero-order chi connectivity index (χ0) is 30.6. The Hall–Kier alpha value is -2.59. The van der Waals surface area contributed by atoms with Gasteiger partial charge in [0, 0.05) is 19.5 Å². The van der Waals surface area contributed by atoms with Crippen molar-refractivity contribution in [3.05, 3.63) is 22.7 Å². The number of amides is 1. The summed E-state index contributed by atoms with van der Waals surface area (Å²) in [7, 11) is -5.22. The van der Waals surface area contributed by atoms with Gasteiger partial charge >= 0.3 is 19.5 Å². The molecular weight excluding hydrogens is 583 g/mol. The van der Waals surface area contributed by atoms with E-state index in [9.17, 15) is 49.4 Å². The van der Waals surface area contributed by atoms with Crippen LogP contribution in [0, 0.1) is 0 Å². The molecule has 0 saturated carbocycles. The topological polar surface area (TPSA) is 312 Å². The Balaban J connectivity index is 1.58. The molecule has 20 nitrogen and oxygen atoms in total. The predicted molar refractivity (Wildman–Crippen MR) is 128 cm³/mol. The number of phosphoric acid groups is 1. The molecule has 232 valence electrons. The molecule has 1 aromatic rings. The van der Waals surface area contributed by atoms with E-state index in [1.54, 1.807) is 0 Å². The lowest BCUT2D eigenvalue weighted by Crippen LogP contribution is -2.63. The van der Waals surface area contributed by atoms with Gasteiger partial charge in [0.05, 0.1) is 25.4 Å². The number of carbonyl (C=O) groups excluding carboxylic acids is 2. The molecule has 0 bridgehead atoms. The average Bonchev–Trinajstić information content (AvgIpc) is 3.19. The van der Waals surface area contributed by atoms with Gasteiger partial charge in [-0.25, -0.2) is 14.2 Å². The summed E-state index contributed by atoms with van der Waals surface area (Å²) in [6, 6.07) is -0.0948. The first-order chi connectivity index (χ1) is 19.1. The number of aliphatic hydroxyl groups is 6. The number of anilines is 1. The number of nitrogen functional groups attached to an aromatic ring is 1. The standard InChI is InChI=1S/C20H31N4O16P/c1-7(26)22-13-8(27)4-10(37-17(13)14(29)9(28)5-25)19(32)39-40-41(34,35)36-6-11-15(30)16(31)18(38-11)24-3-2-12(21)23-20(24)33/h2-3,8-11,13-18,25,27-31H,4-6H2,1H3,(H,22,26)(H,34,35)(H2,21,23,33)/t8?,9-,10-,11-,13-,14?,15-,16-,17-,18-/m1/s1. The van der Waals surface area contributed by atoms with E-state index in [1.807, 2.05) is 0 Å². The molecule has 21 heteroatoms. The van der Waals surface area contributed by atoms with Crippen molar-refractivity contribution in [2.45, 2.75) is 74.4 Å². The third-order valence-electron chi connectivity index (χ3n) is 6.17. The molecule has 11 atom stereocenters. The lowest BCUT2D eigenvalue weighted by molar-refractivity contribution is -0.249. The number of ether oxygens (including phenoxy) is 2. The van der Waals surface area contributed by atoms with Gasteiger partial charge < -0.3 is 56.1 Å². The van der Waals surface area contributed by atoms with Crippen LogP contribution in [0.25, 0.3) is 0 Å². The third kappa shape index (κ3) is 8.03. The summed E-state index contributed by atoms with van der Waals surface area (Å²) in [5.41, 5.74) is 4.49. The second-order valence-corrected chi connectivity index (χ2v) is 10.5. The number of aromatic nitrogens is 2. The quantitative estimate of drug-likeness (QED) is 0.0638. The Kier molecular flexibility index (Phi) is 10.9. The summed E-state index contributed by atoms with van der Waals surface area (Å²) in [4.78, 5) is 53.6. The van der Waals surface area contributed by atoms with E-state index in [0.717, 1.165) is 17.7 Å². The van der Waals surface area contributed by atoms with E-state index < -0.39 is 106 Å². The molecule has 2 aliphatic rings. The van der Waals surface area contributed by atoms with E-state index in [0.29, 0.717) is 0 Å². The van der Waals surface area contributed by atoms with Crippen LogP contribution < -0.4 is 16.7 Å². The number of aliphatic hydroxyl groups excluding tert-OH is 6. The van der Waals surface area contributed by atoms with Gasteiger partial charge in [-0.05, 0) is 6.07 Å². The third-order valence-corrected chi connectivity index (χ3v) is 6.91. The molecule has 2 fully saturated rings. The first kappa shape index (κ1) is 32.9. The molecule has 2 aliphatic heterocycles. The summed E-state index contributed by atoms with van der Waals surface area (Å²) in [5.74, 6) is -2.24. The zero-order valence-corrected chi connectivity index (χ0v) is 22.2. The summed E-state index contributed by atoms with van der Waals surface area (Å²) >= 11 is 0. The Labute approximate surface area is 230 Å². The molecule has 10 N–H and O–H groups in total. The van der Waals surface area contributed by atoms with Crippen molar-refractivity contribution in [1.82, 2.24) is 14.9 Å². The highest BCUT2D eigenvalue weighted by Gasteiger charge is 2.48. The Morgan fingerprint density at radius 3 is 2.56 bits per heavy atom. The van der Waals surface area contributed by atoms with Gasteiger partial charge in [-0.15, -0.1) is 0 Å². The molecule has 2 saturated heterocycles. The van der Waals surface area contributed by atoms with Crippen LogP contribution in [0.5, 0.6) is 0 Å². The van der Waals surface area contributed by atoms with Crippen LogP contribution in [0.15, 0.2) is 17.1 Å². The molecule has 1 aromatic heterocycles. The van der Waals surface area contributed by atoms with E-state index in [2.05, 4.69) is 24.4 Å². The predicted octanol–water partition coefficient (Wildman–Crippen LogP) is -5.23. The van der Waals surface area contributed by atoms with Crippen LogP contribution >= 0.6 is 7.82 Å². The molecule has 41 heavy (non-hydrogen) atoms. The Morgan fingerprint density at radius 1 is 1.27 bits per heavy atom. The van der Waals surface area contributed by atoms with Gasteiger partial charge in [0.25, 0.3) is 0 Å².